The number of rotatable bonds is 4. The van der Waals surface area contributed by atoms with E-state index in [2.05, 4.69) is 9.89 Å². The van der Waals surface area contributed by atoms with E-state index in [0.717, 1.165) is 22.8 Å². The van der Waals surface area contributed by atoms with Crippen molar-refractivity contribution < 1.29 is 5.11 Å². The van der Waals surface area contributed by atoms with Gasteiger partial charge in [0.25, 0.3) is 0 Å². The number of anilines is 1. The summed E-state index contributed by atoms with van der Waals surface area (Å²) >= 11 is 0. The number of hydrogen-bond acceptors (Lipinski definition) is 3. The smallest absolute Gasteiger partial charge is 0.115 e. The van der Waals surface area contributed by atoms with Crippen molar-refractivity contribution in [2.75, 3.05) is 19.0 Å². The molecule has 0 radical (unpaired) electrons. The fourth-order valence-electron chi connectivity index (χ4n) is 2.33. The van der Waals surface area contributed by atoms with Crippen molar-refractivity contribution in [2.45, 2.75) is 0 Å². The molecule has 0 amide bonds. The average Bonchev–Trinajstić information content (AvgIpc) is 3.02. The van der Waals surface area contributed by atoms with Crippen LogP contribution in [0.25, 0.3) is 5.69 Å². The lowest BCUT2D eigenvalue weighted by Gasteiger charge is -2.11. The molecule has 3 aromatic rings. The van der Waals surface area contributed by atoms with Crippen LogP contribution in [0.5, 0.6) is 5.75 Å². The van der Waals surface area contributed by atoms with Crippen molar-refractivity contribution in [3.05, 3.63) is 72.6 Å². The number of aliphatic imine (C=N–C) groups is 1. The second-order valence-electron chi connectivity index (χ2n) is 5.49. The second kappa shape index (κ2) is 6.40. The quantitative estimate of drug-likeness (QED) is 0.740. The Kier molecular flexibility index (Phi) is 4.15. The fraction of sp³-hybridized carbons (Fsp3) is 0.105. The number of aromatic nitrogens is 1. The highest BCUT2D eigenvalue weighted by molar-refractivity contribution is 5.81. The minimum atomic E-state index is 0.261. The molecule has 2 aromatic carbocycles. The fourth-order valence-corrected chi connectivity index (χ4v) is 2.33. The number of nitrogens with zero attached hydrogens (tertiary/aromatic N) is 3. The molecule has 0 aliphatic heterocycles. The van der Waals surface area contributed by atoms with E-state index >= 15 is 0 Å². The molecule has 0 spiro atoms. The van der Waals surface area contributed by atoms with Crippen molar-refractivity contribution >= 4 is 17.6 Å². The monoisotopic (exact) mass is 305 g/mol. The molecule has 1 aromatic heterocycles. The minimum absolute atomic E-state index is 0.261. The van der Waals surface area contributed by atoms with Gasteiger partial charge in [0.2, 0.25) is 0 Å². The van der Waals surface area contributed by atoms with Gasteiger partial charge in [-0.3, -0.25) is 4.99 Å². The third-order valence-corrected chi connectivity index (χ3v) is 3.62. The zero-order valence-electron chi connectivity index (χ0n) is 13.2. The summed E-state index contributed by atoms with van der Waals surface area (Å²) in [5, 5.41) is 9.40. The molecule has 23 heavy (non-hydrogen) atoms. The lowest BCUT2D eigenvalue weighted by molar-refractivity contribution is 0.475. The van der Waals surface area contributed by atoms with Gasteiger partial charge < -0.3 is 14.6 Å². The molecule has 4 nitrogen and oxygen atoms in total. The predicted octanol–water partition coefficient (Wildman–Crippen LogP) is 4.00. The minimum Gasteiger partial charge on any atom is -0.508 e. The highest BCUT2D eigenvalue weighted by Gasteiger charge is 2.01. The first kappa shape index (κ1) is 14.9. The van der Waals surface area contributed by atoms with Gasteiger partial charge >= 0.3 is 0 Å². The third kappa shape index (κ3) is 3.43. The Morgan fingerprint density at radius 2 is 1.65 bits per heavy atom. The topological polar surface area (TPSA) is 40.8 Å². The van der Waals surface area contributed by atoms with Gasteiger partial charge in [0.05, 0.1) is 17.6 Å². The molecule has 1 N–H and O–H groups in total. The second-order valence-corrected chi connectivity index (χ2v) is 5.49. The van der Waals surface area contributed by atoms with Crippen LogP contribution in [0.15, 0.2) is 71.9 Å². The van der Waals surface area contributed by atoms with Crippen LogP contribution in [-0.4, -0.2) is 30.0 Å². The first-order valence-corrected chi connectivity index (χ1v) is 7.42. The van der Waals surface area contributed by atoms with Gasteiger partial charge in [0.15, 0.2) is 0 Å². The normalized spacial score (nSPS) is 11.0. The van der Waals surface area contributed by atoms with Crippen molar-refractivity contribution in [2.24, 2.45) is 4.99 Å². The Labute approximate surface area is 136 Å². The van der Waals surface area contributed by atoms with E-state index in [1.165, 1.54) is 0 Å². The number of phenols is 1. The van der Waals surface area contributed by atoms with Crippen molar-refractivity contribution in [1.82, 2.24) is 4.57 Å². The molecule has 116 valence electrons. The summed E-state index contributed by atoms with van der Waals surface area (Å²) in [4.78, 5) is 6.60. The molecule has 4 heteroatoms. The van der Waals surface area contributed by atoms with Crippen molar-refractivity contribution in [3.63, 3.8) is 0 Å². The van der Waals surface area contributed by atoms with Crippen molar-refractivity contribution in [1.29, 1.82) is 0 Å². The molecule has 0 unspecified atom stereocenters. The van der Waals surface area contributed by atoms with E-state index in [1.807, 2.05) is 79.6 Å². The molecule has 1 heterocycles. The number of hydrogen-bond donors (Lipinski definition) is 1. The number of phenolic OH excluding ortho intramolecular Hbond substituents is 1. The molecule has 0 aliphatic rings. The van der Waals surface area contributed by atoms with Gasteiger partial charge in [0, 0.05) is 31.7 Å². The van der Waals surface area contributed by atoms with E-state index < -0.39 is 0 Å². The third-order valence-electron chi connectivity index (χ3n) is 3.62. The standard InChI is InChI=1S/C19H19N3O/c1-21(2)16-7-5-15(6-8-16)20-14-18-4-3-13-22(18)17-9-11-19(23)12-10-17/h3-14,23H,1-2H3. The van der Waals surface area contributed by atoms with Crippen LogP contribution in [0.3, 0.4) is 0 Å². The van der Waals surface area contributed by atoms with E-state index in [9.17, 15) is 5.11 Å². The van der Waals surface area contributed by atoms with Gasteiger partial charge in [-0.15, -0.1) is 0 Å². The van der Waals surface area contributed by atoms with Crippen LogP contribution in [0.2, 0.25) is 0 Å². The van der Waals surface area contributed by atoms with Crippen LogP contribution < -0.4 is 4.90 Å². The maximum atomic E-state index is 9.40. The van der Waals surface area contributed by atoms with Crippen LogP contribution in [0.4, 0.5) is 11.4 Å². The number of aromatic hydroxyl groups is 1. The maximum Gasteiger partial charge on any atom is 0.115 e. The van der Waals surface area contributed by atoms with Crippen LogP contribution >= 0.6 is 0 Å². The summed E-state index contributed by atoms with van der Waals surface area (Å²) in [7, 11) is 4.03. The summed E-state index contributed by atoms with van der Waals surface area (Å²) < 4.78 is 2.02. The predicted molar refractivity (Wildman–Crippen MR) is 95.5 cm³/mol. The molecule has 0 saturated heterocycles. The van der Waals surface area contributed by atoms with Gasteiger partial charge in [-0.1, -0.05) is 0 Å². The van der Waals surface area contributed by atoms with E-state index in [-0.39, 0.29) is 5.75 Å². The zero-order valence-corrected chi connectivity index (χ0v) is 13.2. The highest BCUT2D eigenvalue weighted by atomic mass is 16.3. The van der Waals surface area contributed by atoms with Crippen molar-refractivity contribution in [3.8, 4) is 11.4 Å². The zero-order chi connectivity index (χ0) is 16.2. The summed E-state index contributed by atoms with van der Waals surface area (Å²) in [5.41, 5.74) is 4.02. The van der Waals surface area contributed by atoms with Gasteiger partial charge in [0.1, 0.15) is 5.75 Å². The van der Waals surface area contributed by atoms with E-state index in [4.69, 9.17) is 0 Å². The Morgan fingerprint density at radius 3 is 2.30 bits per heavy atom. The SMILES string of the molecule is CN(C)c1ccc(N=Cc2cccn2-c2ccc(O)cc2)cc1. The Bertz CT molecular complexity index is 799. The first-order chi connectivity index (χ1) is 11.1. The average molecular weight is 305 g/mol. The highest BCUT2D eigenvalue weighted by Crippen LogP contribution is 2.19. The number of benzene rings is 2. The van der Waals surface area contributed by atoms with Gasteiger partial charge in [-0.05, 0) is 60.7 Å². The van der Waals surface area contributed by atoms with Crippen LogP contribution in [0, 0.1) is 0 Å². The molecule has 0 atom stereocenters. The van der Waals surface area contributed by atoms with Crippen LogP contribution in [-0.2, 0) is 0 Å². The molecular formula is C19H19N3O. The Morgan fingerprint density at radius 1 is 0.957 bits per heavy atom. The lowest BCUT2D eigenvalue weighted by atomic mass is 10.2. The van der Waals surface area contributed by atoms with Gasteiger partial charge in [-0.2, -0.15) is 0 Å². The van der Waals surface area contributed by atoms with Crippen LogP contribution in [0.1, 0.15) is 5.69 Å². The largest absolute Gasteiger partial charge is 0.508 e. The summed E-state index contributed by atoms with van der Waals surface area (Å²) in [5.74, 6) is 0.261. The summed E-state index contributed by atoms with van der Waals surface area (Å²) in [6.07, 6.45) is 3.82. The molecule has 3 rings (SSSR count). The summed E-state index contributed by atoms with van der Waals surface area (Å²) in [6, 6.07) is 19.2. The summed E-state index contributed by atoms with van der Waals surface area (Å²) in [6.45, 7) is 0. The first-order valence-electron chi connectivity index (χ1n) is 7.42. The van der Waals surface area contributed by atoms with E-state index in [0.29, 0.717) is 0 Å². The Hall–Kier alpha value is -3.01. The van der Waals surface area contributed by atoms with Gasteiger partial charge in [-0.25, -0.2) is 0 Å². The molecule has 0 bridgehead atoms. The van der Waals surface area contributed by atoms with E-state index in [1.54, 1.807) is 12.1 Å². The Balaban J connectivity index is 1.83. The molecule has 0 fully saturated rings. The molecule has 0 aliphatic carbocycles. The maximum absolute atomic E-state index is 9.40. The molecule has 0 saturated carbocycles. The molecular weight excluding hydrogens is 286 g/mol. The lowest BCUT2D eigenvalue weighted by Crippen LogP contribution is -2.07.